The number of hydrogen-bond acceptors (Lipinski definition) is 4. The van der Waals surface area contributed by atoms with Crippen LogP contribution in [0.2, 0.25) is 0 Å². The summed E-state index contributed by atoms with van der Waals surface area (Å²) in [6.45, 7) is 0.621. The first-order valence-corrected chi connectivity index (χ1v) is 5.00. The van der Waals surface area contributed by atoms with Crippen molar-refractivity contribution in [1.82, 2.24) is 9.78 Å². The first kappa shape index (κ1) is 11.7. The van der Waals surface area contributed by atoms with Crippen LogP contribution in [0.15, 0.2) is 6.20 Å². The van der Waals surface area contributed by atoms with Crippen molar-refractivity contribution in [2.75, 3.05) is 13.7 Å². The lowest BCUT2D eigenvalue weighted by molar-refractivity contribution is 0.0967. The van der Waals surface area contributed by atoms with E-state index in [1.165, 1.54) is 7.11 Å². The van der Waals surface area contributed by atoms with E-state index in [1.807, 2.05) is 0 Å². The number of Topliss-reactive ketones (excluding diaryl/α,β-unsaturated/α-hetero) is 1. The lowest BCUT2D eigenvalue weighted by Crippen LogP contribution is -2.09. The number of aryl methyl sites for hydroxylation is 1. The lowest BCUT2D eigenvalue weighted by atomic mass is 10.1. The van der Waals surface area contributed by atoms with E-state index in [0.717, 1.165) is 12.8 Å². The molecule has 1 rings (SSSR count). The molecule has 0 atom stereocenters. The van der Waals surface area contributed by atoms with E-state index >= 15 is 0 Å². The Labute approximate surface area is 89.2 Å². The summed E-state index contributed by atoms with van der Waals surface area (Å²) in [5.74, 6) is 0.593. The molecule has 15 heavy (non-hydrogen) atoms. The van der Waals surface area contributed by atoms with E-state index in [4.69, 9.17) is 10.5 Å². The van der Waals surface area contributed by atoms with E-state index in [-0.39, 0.29) is 5.78 Å². The van der Waals surface area contributed by atoms with Crippen LogP contribution >= 0.6 is 0 Å². The van der Waals surface area contributed by atoms with Crippen LogP contribution in [-0.4, -0.2) is 29.2 Å². The van der Waals surface area contributed by atoms with Gasteiger partial charge in [0, 0.05) is 13.5 Å². The van der Waals surface area contributed by atoms with Gasteiger partial charge in [-0.15, -0.1) is 0 Å². The topological polar surface area (TPSA) is 70.1 Å². The lowest BCUT2D eigenvalue weighted by Gasteiger charge is -2.03. The highest BCUT2D eigenvalue weighted by atomic mass is 16.5. The maximum absolute atomic E-state index is 11.8. The Bertz CT molecular complexity index is 333. The predicted molar refractivity (Wildman–Crippen MR) is 57.0 cm³/mol. The van der Waals surface area contributed by atoms with Crippen LogP contribution in [0, 0.1) is 0 Å². The number of carbonyl (C=O) groups is 1. The molecular formula is C10H17N3O2. The molecule has 0 unspecified atom stereocenters. The fraction of sp³-hybridized carbons (Fsp3) is 0.600. The second-order valence-electron chi connectivity index (χ2n) is 3.35. The zero-order chi connectivity index (χ0) is 11.3. The molecule has 5 heteroatoms. The number of methoxy groups -OCH3 is 1. The molecule has 0 saturated carbocycles. The third-order valence-electron chi connectivity index (χ3n) is 2.25. The molecule has 0 aromatic carbocycles. The Kier molecular flexibility index (Phi) is 4.30. The van der Waals surface area contributed by atoms with Crippen molar-refractivity contribution in [3.8, 4) is 5.75 Å². The van der Waals surface area contributed by atoms with Crippen molar-refractivity contribution in [3.63, 3.8) is 0 Å². The van der Waals surface area contributed by atoms with Gasteiger partial charge in [-0.25, -0.2) is 0 Å². The number of aromatic nitrogens is 2. The summed E-state index contributed by atoms with van der Waals surface area (Å²) < 4.78 is 6.61. The summed E-state index contributed by atoms with van der Waals surface area (Å²) >= 11 is 0. The Hall–Kier alpha value is -1.36. The number of ketones is 1. The van der Waals surface area contributed by atoms with Crippen LogP contribution in [0.1, 0.15) is 29.8 Å². The van der Waals surface area contributed by atoms with Crippen LogP contribution < -0.4 is 10.5 Å². The molecule has 0 aliphatic carbocycles. The summed E-state index contributed by atoms with van der Waals surface area (Å²) in [6, 6.07) is 0. The first-order valence-electron chi connectivity index (χ1n) is 5.00. The molecular weight excluding hydrogens is 194 g/mol. The van der Waals surface area contributed by atoms with Crippen LogP contribution in [-0.2, 0) is 7.05 Å². The van der Waals surface area contributed by atoms with Crippen molar-refractivity contribution in [1.29, 1.82) is 0 Å². The highest BCUT2D eigenvalue weighted by Crippen LogP contribution is 2.18. The minimum absolute atomic E-state index is 0.0558. The number of carbonyl (C=O) groups excluding carboxylic acids is 1. The van der Waals surface area contributed by atoms with Gasteiger partial charge in [-0.1, -0.05) is 0 Å². The Balaban J connectivity index is 2.67. The molecule has 0 bridgehead atoms. The fourth-order valence-corrected chi connectivity index (χ4v) is 1.43. The molecule has 2 N–H and O–H groups in total. The van der Waals surface area contributed by atoms with Gasteiger partial charge in [0.2, 0.25) is 0 Å². The van der Waals surface area contributed by atoms with Crippen LogP contribution in [0.3, 0.4) is 0 Å². The van der Waals surface area contributed by atoms with E-state index in [2.05, 4.69) is 5.10 Å². The molecule has 5 nitrogen and oxygen atoms in total. The number of nitrogens with zero attached hydrogens (tertiary/aromatic N) is 2. The van der Waals surface area contributed by atoms with Crippen molar-refractivity contribution >= 4 is 5.78 Å². The third-order valence-corrected chi connectivity index (χ3v) is 2.25. The highest BCUT2D eigenvalue weighted by Gasteiger charge is 2.16. The minimum atomic E-state index is 0.0558. The normalized spacial score (nSPS) is 10.3. The quantitative estimate of drug-likeness (QED) is 0.556. The smallest absolute Gasteiger partial charge is 0.184 e. The van der Waals surface area contributed by atoms with Gasteiger partial charge in [-0.2, -0.15) is 5.10 Å². The van der Waals surface area contributed by atoms with Gasteiger partial charge in [0.1, 0.15) is 5.69 Å². The number of hydrogen-bond donors (Lipinski definition) is 1. The Morgan fingerprint density at radius 2 is 2.33 bits per heavy atom. The Morgan fingerprint density at radius 3 is 2.93 bits per heavy atom. The second-order valence-corrected chi connectivity index (χ2v) is 3.35. The standard InChI is InChI=1S/C10H17N3O2/c1-13-10(9(15-2)7-12-13)8(14)5-3-4-6-11/h7H,3-6,11H2,1-2H3. The minimum Gasteiger partial charge on any atom is -0.493 e. The highest BCUT2D eigenvalue weighted by molar-refractivity contribution is 5.96. The number of ether oxygens (including phenoxy) is 1. The van der Waals surface area contributed by atoms with E-state index < -0.39 is 0 Å². The van der Waals surface area contributed by atoms with E-state index in [9.17, 15) is 4.79 Å². The molecule has 0 amide bonds. The Morgan fingerprint density at radius 1 is 1.60 bits per heavy atom. The van der Waals surface area contributed by atoms with Crippen molar-refractivity contribution in [2.24, 2.45) is 12.8 Å². The van der Waals surface area contributed by atoms with Gasteiger partial charge in [0.15, 0.2) is 11.5 Å². The average Bonchev–Trinajstić information content (AvgIpc) is 2.59. The number of rotatable bonds is 6. The summed E-state index contributed by atoms with van der Waals surface area (Å²) in [4.78, 5) is 11.8. The first-order chi connectivity index (χ1) is 7.20. The second kappa shape index (κ2) is 5.50. The molecule has 1 aromatic rings. The van der Waals surface area contributed by atoms with E-state index in [1.54, 1.807) is 17.9 Å². The predicted octanol–water partition coefficient (Wildman–Crippen LogP) is 0.740. The van der Waals surface area contributed by atoms with Gasteiger partial charge >= 0.3 is 0 Å². The third kappa shape index (κ3) is 2.79. The summed E-state index contributed by atoms with van der Waals surface area (Å²) in [7, 11) is 3.27. The molecule has 0 aliphatic heterocycles. The van der Waals surface area contributed by atoms with Gasteiger partial charge in [-0.3, -0.25) is 9.48 Å². The molecule has 1 aromatic heterocycles. The number of nitrogens with two attached hydrogens (primary N) is 1. The number of unbranched alkanes of at least 4 members (excludes halogenated alkanes) is 1. The SMILES string of the molecule is COc1cnn(C)c1C(=O)CCCCN. The van der Waals surface area contributed by atoms with Crippen LogP contribution in [0.5, 0.6) is 5.75 Å². The molecule has 0 saturated heterocycles. The maximum atomic E-state index is 11.8. The average molecular weight is 211 g/mol. The van der Waals surface area contributed by atoms with Gasteiger partial charge in [0.25, 0.3) is 0 Å². The summed E-state index contributed by atoms with van der Waals surface area (Å²) in [5, 5.41) is 3.98. The maximum Gasteiger partial charge on any atom is 0.184 e. The molecule has 0 fully saturated rings. The van der Waals surface area contributed by atoms with Crippen molar-refractivity contribution in [2.45, 2.75) is 19.3 Å². The fourth-order valence-electron chi connectivity index (χ4n) is 1.43. The summed E-state index contributed by atoms with van der Waals surface area (Å²) in [5.41, 5.74) is 5.90. The molecule has 84 valence electrons. The zero-order valence-corrected chi connectivity index (χ0v) is 9.19. The van der Waals surface area contributed by atoms with E-state index in [0.29, 0.717) is 24.4 Å². The van der Waals surface area contributed by atoms with Crippen LogP contribution in [0.4, 0.5) is 0 Å². The van der Waals surface area contributed by atoms with Gasteiger partial charge in [-0.05, 0) is 19.4 Å². The molecule has 1 heterocycles. The summed E-state index contributed by atoms with van der Waals surface area (Å²) in [6.07, 6.45) is 3.72. The molecule has 0 aliphatic rings. The van der Waals surface area contributed by atoms with Gasteiger partial charge in [0.05, 0.1) is 13.3 Å². The monoisotopic (exact) mass is 211 g/mol. The molecule has 0 spiro atoms. The van der Waals surface area contributed by atoms with Gasteiger partial charge < -0.3 is 10.5 Å². The van der Waals surface area contributed by atoms with Crippen LogP contribution in [0.25, 0.3) is 0 Å². The molecule has 0 radical (unpaired) electrons. The zero-order valence-electron chi connectivity index (χ0n) is 9.19. The van der Waals surface area contributed by atoms with Crippen molar-refractivity contribution in [3.05, 3.63) is 11.9 Å². The van der Waals surface area contributed by atoms with Crippen molar-refractivity contribution < 1.29 is 9.53 Å². The largest absolute Gasteiger partial charge is 0.493 e.